The highest BCUT2D eigenvalue weighted by molar-refractivity contribution is 14.1. The van der Waals surface area contributed by atoms with Crippen LogP contribution in [0.3, 0.4) is 0 Å². The molecule has 6 saturated carbocycles. The largest absolute Gasteiger partial charge is 0.230 e. The van der Waals surface area contributed by atoms with Gasteiger partial charge in [-0.25, -0.2) is 0 Å². The van der Waals surface area contributed by atoms with Crippen LogP contribution in [0, 0.1) is 11.8 Å². The Morgan fingerprint density at radius 3 is 1.17 bits per heavy atom. The average Bonchev–Trinajstić information content (AvgIpc) is 2.50. The van der Waals surface area contributed by atoms with Crippen LogP contribution in [0.25, 0.3) is 0 Å². The lowest BCUT2D eigenvalue weighted by Gasteiger charge is -2.57. The number of hydrogen-bond donors (Lipinski definition) is 0. The van der Waals surface area contributed by atoms with Crippen molar-refractivity contribution in [3.63, 3.8) is 0 Å². The van der Waals surface area contributed by atoms with Crippen molar-refractivity contribution < 1.29 is 0 Å². The van der Waals surface area contributed by atoms with Gasteiger partial charge in [-0.05, 0) is 22.5 Å². The van der Waals surface area contributed by atoms with Crippen molar-refractivity contribution in [3.05, 3.63) is 0 Å². The zero-order valence-corrected chi connectivity index (χ0v) is 13.8. The molecule has 0 nitrogen and oxygen atoms in total. The first kappa shape index (κ1) is 12.5. The minimum absolute atomic E-state index is 0.777. The molecule has 0 atom stereocenters. The van der Waals surface area contributed by atoms with E-state index in [9.17, 15) is 0 Å². The number of halogens is 1. The average molecular weight is 356 g/mol. The maximum Gasteiger partial charge on any atom is 0.230 e. The van der Waals surface area contributed by atoms with Gasteiger partial charge in [-0.3, -0.25) is 0 Å². The van der Waals surface area contributed by atoms with Crippen molar-refractivity contribution in [1.82, 2.24) is 0 Å². The molecule has 0 amide bonds. The third-order valence-corrected chi connectivity index (χ3v) is 10.0. The first-order chi connectivity index (χ1) is 8.73. The summed E-state index contributed by atoms with van der Waals surface area (Å²) in [6.07, 6.45) is 18.9. The molecular formula is C16H26BI. The molecule has 0 unspecified atom stereocenters. The Bertz CT molecular complexity index is 264. The summed E-state index contributed by atoms with van der Waals surface area (Å²) in [6.45, 7) is 0. The molecule has 0 N–H and O–H groups in total. The topological polar surface area (TPSA) is 0 Å². The Balaban J connectivity index is 1.59. The molecule has 100 valence electrons. The van der Waals surface area contributed by atoms with E-state index in [2.05, 4.69) is 22.4 Å². The Labute approximate surface area is 126 Å². The molecule has 6 aliphatic carbocycles. The van der Waals surface area contributed by atoms with Gasteiger partial charge in [-0.1, -0.05) is 77.0 Å². The molecule has 6 rings (SSSR count). The van der Waals surface area contributed by atoms with Crippen molar-refractivity contribution in [3.8, 4) is 0 Å². The van der Waals surface area contributed by atoms with Crippen LogP contribution in [-0.4, -0.2) is 4.57 Å². The van der Waals surface area contributed by atoms with E-state index in [4.69, 9.17) is 0 Å². The van der Waals surface area contributed by atoms with Gasteiger partial charge >= 0.3 is 0 Å². The van der Waals surface area contributed by atoms with Crippen LogP contribution in [0.2, 0.25) is 10.6 Å². The van der Waals surface area contributed by atoms with Crippen molar-refractivity contribution in [2.75, 3.05) is 0 Å². The van der Waals surface area contributed by atoms with Crippen LogP contribution < -0.4 is 0 Å². The summed E-state index contributed by atoms with van der Waals surface area (Å²) in [4.78, 5) is 0. The smallest absolute Gasteiger partial charge is 0.149 e. The summed E-state index contributed by atoms with van der Waals surface area (Å²) in [5.74, 6) is 2.24. The second kappa shape index (κ2) is 4.39. The summed E-state index contributed by atoms with van der Waals surface area (Å²) in [5, 5.41) is 1.55. The molecule has 0 saturated heterocycles. The van der Waals surface area contributed by atoms with E-state index in [1.54, 1.807) is 77.0 Å². The van der Waals surface area contributed by atoms with Gasteiger partial charge in [0, 0.05) is 0 Å². The third kappa shape index (κ3) is 1.76. The maximum atomic E-state index is 2.94. The molecule has 0 radical (unpaired) electrons. The molecule has 4 bridgehead atoms. The fraction of sp³-hybridized carbons (Fsp3) is 1.00. The minimum Gasteiger partial charge on any atom is -0.149 e. The molecule has 0 spiro atoms. The lowest BCUT2D eigenvalue weighted by atomic mass is 9.28. The summed E-state index contributed by atoms with van der Waals surface area (Å²) in [6, 6.07) is 0. The van der Waals surface area contributed by atoms with Crippen molar-refractivity contribution >= 4 is 26.9 Å². The summed E-state index contributed by atoms with van der Waals surface area (Å²) in [5.41, 5.74) is 0. The van der Waals surface area contributed by atoms with Crippen LogP contribution in [0.15, 0.2) is 0 Å². The highest BCUT2D eigenvalue weighted by Crippen LogP contribution is 2.68. The third-order valence-electron chi connectivity index (χ3n) is 7.38. The molecule has 0 aliphatic heterocycles. The molecule has 2 heteroatoms. The Hall–Kier alpha value is 0.795. The summed E-state index contributed by atoms with van der Waals surface area (Å²) < 4.78 is 1.00. The van der Waals surface area contributed by atoms with E-state index in [1.165, 1.54) is 0 Å². The van der Waals surface area contributed by atoms with Crippen molar-refractivity contribution in [2.45, 2.75) is 87.7 Å². The molecule has 18 heavy (non-hydrogen) atoms. The normalized spacial score (nSPS) is 50.5. The van der Waals surface area contributed by atoms with E-state index in [0.29, 0.717) is 0 Å². The summed E-state index contributed by atoms with van der Waals surface area (Å²) in [7, 11) is 0. The zero-order chi connectivity index (χ0) is 12.2. The zero-order valence-electron chi connectivity index (χ0n) is 11.6. The quantitative estimate of drug-likeness (QED) is 0.429. The van der Waals surface area contributed by atoms with Crippen LogP contribution >= 0.6 is 22.4 Å². The van der Waals surface area contributed by atoms with Gasteiger partial charge in [0.15, 0.2) is 0 Å². The van der Waals surface area contributed by atoms with Crippen LogP contribution in [-0.2, 0) is 0 Å². The molecular weight excluding hydrogens is 330 g/mol. The first-order valence-corrected chi connectivity index (χ1v) is 9.61. The lowest BCUT2D eigenvalue weighted by molar-refractivity contribution is 0.156. The predicted octanol–water partition coefficient (Wildman–Crippen LogP) is 5.86. The SMILES string of the molecule is IB(C12CCC(CC1)CC2)C12CCC(CC1)CC2. The van der Waals surface area contributed by atoms with E-state index in [0.717, 1.165) is 27.0 Å². The van der Waals surface area contributed by atoms with Crippen LogP contribution in [0.1, 0.15) is 77.0 Å². The van der Waals surface area contributed by atoms with Crippen LogP contribution in [0.4, 0.5) is 0 Å². The second-order valence-electron chi connectivity index (χ2n) is 8.05. The lowest BCUT2D eigenvalue weighted by Crippen LogP contribution is -2.47. The fourth-order valence-corrected chi connectivity index (χ4v) is 7.84. The standard InChI is InChI=1S/C16H26BI/c18-17(15-7-1-13(2-8-15)3-9-15)16-10-4-14(5-11-16)6-12-16/h13-14H,1-12H2. The van der Waals surface area contributed by atoms with Gasteiger partial charge in [0.25, 0.3) is 0 Å². The number of rotatable bonds is 2. The Morgan fingerprint density at radius 2 is 0.889 bits per heavy atom. The second-order valence-corrected chi connectivity index (χ2v) is 9.30. The van der Waals surface area contributed by atoms with E-state index >= 15 is 0 Å². The molecule has 0 aromatic heterocycles. The molecule has 6 aliphatic rings. The van der Waals surface area contributed by atoms with Gasteiger partial charge in [0.1, 0.15) is 0 Å². The molecule has 6 fully saturated rings. The highest BCUT2D eigenvalue weighted by atomic mass is 127. The summed E-state index contributed by atoms with van der Waals surface area (Å²) >= 11 is 2.94. The monoisotopic (exact) mass is 356 g/mol. The number of fused-ring (bicyclic) bond motifs is 6. The number of hydrogen-bond acceptors (Lipinski definition) is 0. The van der Waals surface area contributed by atoms with Gasteiger partial charge in [0.2, 0.25) is 4.57 Å². The Kier molecular flexibility index (Phi) is 3.06. The first-order valence-electron chi connectivity index (χ1n) is 8.37. The highest BCUT2D eigenvalue weighted by Gasteiger charge is 2.56. The van der Waals surface area contributed by atoms with E-state index in [1.807, 2.05) is 0 Å². The fourth-order valence-electron chi connectivity index (χ4n) is 5.98. The van der Waals surface area contributed by atoms with Gasteiger partial charge in [-0.15, -0.1) is 22.4 Å². The molecule has 0 aromatic carbocycles. The van der Waals surface area contributed by atoms with Crippen molar-refractivity contribution in [1.29, 1.82) is 0 Å². The van der Waals surface area contributed by atoms with Gasteiger partial charge < -0.3 is 0 Å². The molecule has 0 heterocycles. The van der Waals surface area contributed by atoms with Crippen molar-refractivity contribution in [2.24, 2.45) is 11.8 Å². The van der Waals surface area contributed by atoms with E-state index in [-0.39, 0.29) is 0 Å². The van der Waals surface area contributed by atoms with Gasteiger partial charge in [0.05, 0.1) is 0 Å². The van der Waals surface area contributed by atoms with Gasteiger partial charge in [-0.2, -0.15) is 0 Å². The molecule has 0 aromatic rings. The van der Waals surface area contributed by atoms with E-state index < -0.39 is 0 Å². The minimum atomic E-state index is 0.777. The van der Waals surface area contributed by atoms with Crippen LogP contribution in [0.5, 0.6) is 0 Å². The predicted molar refractivity (Wildman–Crippen MR) is 87.5 cm³/mol. The Morgan fingerprint density at radius 1 is 0.611 bits per heavy atom. The maximum absolute atomic E-state index is 2.94.